The van der Waals surface area contributed by atoms with E-state index in [0.29, 0.717) is 0 Å². The lowest BCUT2D eigenvalue weighted by atomic mass is 10.3. The number of halogens is 1. The summed E-state index contributed by atoms with van der Waals surface area (Å²) < 4.78 is 0. The lowest BCUT2D eigenvalue weighted by Crippen LogP contribution is -2.21. The third-order valence-electron chi connectivity index (χ3n) is 2.60. The summed E-state index contributed by atoms with van der Waals surface area (Å²) in [6.07, 6.45) is 0.953. The first-order valence-corrected chi connectivity index (χ1v) is 5.90. The summed E-state index contributed by atoms with van der Waals surface area (Å²) in [4.78, 5) is 9.90. The Bertz CT molecular complexity index is 431. The van der Waals surface area contributed by atoms with Crippen molar-refractivity contribution in [3.63, 3.8) is 0 Å². The fourth-order valence-corrected chi connectivity index (χ4v) is 1.70. The number of anilines is 1. The Labute approximate surface area is 100 Å². The number of rotatable bonds is 4. The molecule has 3 nitrogen and oxygen atoms in total. The predicted molar refractivity (Wildman–Crippen MR) is 69.3 cm³/mol. The highest BCUT2D eigenvalue weighted by atomic mass is 35.5. The van der Waals surface area contributed by atoms with Crippen LogP contribution in [0.3, 0.4) is 0 Å². The Morgan fingerprint density at radius 2 is 2.19 bits per heavy atom. The van der Waals surface area contributed by atoms with Crippen LogP contribution in [0.15, 0.2) is 24.3 Å². The van der Waals surface area contributed by atoms with Crippen molar-refractivity contribution in [2.24, 2.45) is 0 Å². The van der Waals surface area contributed by atoms with E-state index in [1.54, 1.807) is 0 Å². The standard InChI is InChI=1S/C12H16ClN3/c1-9(13)7-8-16(2)12-14-10-5-3-4-6-11(10)15-12/h3-6,9H,7-8H2,1-2H3,(H,14,15). The molecule has 0 fully saturated rings. The highest BCUT2D eigenvalue weighted by molar-refractivity contribution is 6.20. The molecule has 0 radical (unpaired) electrons. The van der Waals surface area contributed by atoms with Crippen molar-refractivity contribution in [1.82, 2.24) is 9.97 Å². The van der Waals surface area contributed by atoms with Crippen LogP contribution in [0.2, 0.25) is 0 Å². The van der Waals surface area contributed by atoms with E-state index < -0.39 is 0 Å². The summed E-state index contributed by atoms with van der Waals surface area (Å²) in [5.74, 6) is 0.901. The van der Waals surface area contributed by atoms with Crippen LogP contribution in [0.1, 0.15) is 13.3 Å². The van der Waals surface area contributed by atoms with Gasteiger partial charge in [0.25, 0.3) is 0 Å². The molecule has 1 aromatic heterocycles. The van der Waals surface area contributed by atoms with E-state index in [0.717, 1.165) is 29.9 Å². The molecule has 0 amide bonds. The molecule has 0 saturated carbocycles. The van der Waals surface area contributed by atoms with Gasteiger partial charge in [-0.3, -0.25) is 0 Å². The summed E-state index contributed by atoms with van der Waals surface area (Å²) >= 11 is 5.93. The maximum Gasteiger partial charge on any atom is 0.203 e. The van der Waals surface area contributed by atoms with Crippen LogP contribution < -0.4 is 4.90 Å². The van der Waals surface area contributed by atoms with Crippen molar-refractivity contribution >= 4 is 28.6 Å². The van der Waals surface area contributed by atoms with E-state index >= 15 is 0 Å². The number of para-hydroxylation sites is 2. The molecule has 0 aliphatic heterocycles. The molecule has 2 aromatic rings. The van der Waals surface area contributed by atoms with Gasteiger partial charge in [0, 0.05) is 19.0 Å². The number of aromatic nitrogens is 2. The molecule has 16 heavy (non-hydrogen) atoms. The molecule has 1 unspecified atom stereocenters. The third kappa shape index (κ3) is 2.47. The summed E-state index contributed by atoms with van der Waals surface area (Å²) in [5.41, 5.74) is 2.08. The van der Waals surface area contributed by atoms with E-state index in [-0.39, 0.29) is 5.38 Å². The summed E-state index contributed by atoms with van der Waals surface area (Å²) in [5, 5.41) is 0.201. The number of aromatic amines is 1. The first-order valence-electron chi connectivity index (χ1n) is 5.47. The lowest BCUT2D eigenvalue weighted by molar-refractivity contribution is 0.761. The number of imidazole rings is 1. The van der Waals surface area contributed by atoms with Gasteiger partial charge in [-0.1, -0.05) is 12.1 Å². The van der Waals surface area contributed by atoms with Crippen molar-refractivity contribution in [2.75, 3.05) is 18.5 Å². The quantitative estimate of drug-likeness (QED) is 0.829. The second kappa shape index (κ2) is 4.74. The normalized spacial score (nSPS) is 12.9. The van der Waals surface area contributed by atoms with Gasteiger partial charge < -0.3 is 9.88 Å². The van der Waals surface area contributed by atoms with Crippen molar-refractivity contribution < 1.29 is 0 Å². The zero-order valence-electron chi connectivity index (χ0n) is 9.57. The van der Waals surface area contributed by atoms with Crippen molar-refractivity contribution in [3.8, 4) is 0 Å². The third-order valence-corrected chi connectivity index (χ3v) is 2.82. The minimum atomic E-state index is 0.201. The first-order chi connectivity index (χ1) is 7.66. The number of nitrogens with zero attached hydrogens (tertiary/aromatic N) is 2. The number of hydrogen-bond acceptors (Lipinski definition) is 2. The topological polar surface area (TPSA) is 31.9 Å². The Hall–Kier alpha value is -1.22. The van der Waals surface area contributed by atoms with Crippen molar-refractivity contribution in [3.05, 3.63) is 24.3 Å². The Kier molecular flexibility index (Phi) is 3.34. The van der Waals surface area contributed by atoms with E-state index in [1.165, 1.54) is 0 Å². The zero-order chi connectivity index (χ0) is 11.5. The van der Waals surface area contributed by atoms with Gasteiger partial charge in [-0.25, -0.2) is 4.98 Å². The minimum Gasteiger partial charge on any atom is -0.345 e. The van der Waals surface area contributed by atoms with Gasteiger partial charge in [0.15, 0.2) is 0 Å². The summed E-state index contributed by atoms with van der Waals surface area (Å²) in [7, 11) is 2.02. The number of fused-ring (bicyclic) bond motifs is 1. The molecule has 0 saturated heterocycles. The van der Waals surface area contributed by atoms with Crippen LogP contribution in [0.5, 0.6) is 0 Å². The van der Waals surface area contributed by atoms with E-state index in [4.69, 9.17) is 11.6 Å². The fourth-order valence-electron chi connectivity index (χ4n) is 1.60. The number of H-pyrrole nitrogens is 1. The van der Waals surface area contributed by atoms with Gasteiger partial charge in [0.2, 0.25) is 5.95 Å². The van der Waals surface area contributed by atoms with Gasteiger partial charge in [-0.05, 0) is 25.5 Å². The molecule has 0 bridgehead atoms. The fraction of sp³-hybridized carbons (Fsp3) is 0.417. The molecule has 4 heteroatoms. The number of benzene rings is 1. The van der Waals surface area contributed by atoms with Gasteiger partial charge in [0.1, 0.15) is 0 Å². The van der Waals surface area contributed by atoms with Crippen molar-refractivity contribution in [1.29, 1.82) is 0 Å². The molecule has 0 spiro atoms. The number of hydrogen-bond donors (Lipinski definition) is 1. The smallest absolute Gasteiger partial charge is 0.203 e. The van der Waals surface area contributed by atoms with Gasteiger partial charge in [-0.2, -0.15) is 0 Å². The molecule has 0 aliphatic carbocycles. The second-order valence-electron chi connectivity index (χ2n) is 4.07. The highest BCUT2D eigenvalue weighted by Gasteiger charge is 2.07. The maximum atomic E-state index is 5.93. The SMILES string of the molecule is CC(Cl)CCN(C)c1nc2ccccc2[nH]1. The van der Waals surface area contributed by atoms with Crippen LogP contribution in [0.25, 0.3) is 11.0 Å². The van der Waals surface area contributed by atoms with E-state index in [1.807, 2.05) is 38.2 Å². The molecule has 0 aliphatic rings. The van der Waals surface area contributed by atoms with Crippen LogP contribution >= 0.6 is 11.6 Å². The van der Waals surface area contributed by atoms with Gasteiger partial charge >= 0.3 is 0 Å². The van der Waals surface area contributed by atoms with Crippen LogP contribution in [-0.2, 0) is 0 Å². The molecule has 2 rings (SSSR count). The Morgan fingerprint density at radius 3 is 2.88 bits per heavy atom. The monoisotopic (exact) mass is 237 g/mol. The number of alkyl halides is 1. The molecule has 1 aromatic carbocycles. The average Bonchev–Trinajstić information content (AvgIpc) is 2.69. The zero-order valence-corrected chi connectivity index (χ0v) is 10.3. The molecule has 86 valence electrons. The number of nitrogens with one attached hydrogen (secondary N) is 1. The molecular weight excluding hydrogens is 222 g/mol. The van der Waals surface area contributed by atoms with E-state index in [2.05, 4.69) is 14.9 Å². The molecule has 1 heterocycles. The molecule has 1 atom stereocenters. The lowest BCUT2D eigenvalue weighted by Gasteiger charge is -2.16. The summed E-state index contributed by atoms with van der Waals surface area (Å²) in [6, 6.07) is 8.04. The van der Waals surface area contributed by atoms with Crippen molar-refractivity contribution in [2.45, 2.75) is 18.7 Å². The van der Waals surface area contributed by atoms with E-state index in [9.17, 15) is 0 Å². The molecular formula is C12H16ClN3. The van der Waals surface area contributed by atoms with Crippen LogP contribution in [-0.4, -0.2) is 28.9 Å². The maximum absolute atomic E-state index is 5.93. The first kappa shape index (κ1) is 11.3. The Balaban J connectivity index is 2.13. The predicted octanol–water partition coefficient (Wildman–Crippen LogP) is 3.02. The Morgan fingerprint density at radius 1 is 1.44 bits per heavy atom. The average molecular weight is 238 g/mol. The molecule has 1 N–H and O–H groups in total. The van der Waals surface area contributed by atoms with Crippen LogP contribution in [0.4, 0.5) is 5.95 Å². The largest absolute Gasteiger partial charge is 0.345 e. The minimum absolute atomic E-state index is 0.201. The van der Waals surface area contributed by atoms with Crippen LogP contribution in [0, 0.1) is 0 Å². The van der Waals surface area contributed by atoms with Gasteiger partial charge in [0.05, 0.1) is 11.0 Å². The van der Waals surface area contributed by atoms with Gasteiger partial charge in [-0.15, -0.1) is 11.6 Å². The second-order valence-corrected chi connectivity index (χ2v) is 4.81. The summed E-state index contributed by atoms with van der Waals surface area (Å²) in [6.45, 7) is 2.92. The highest BCUT2D eigenvalue weighted by Crippen LogP contribution is 2.16.